The van der Waals surface area contributed by atoms with Gasteiger partial charge in [0.2, 0.25) is 0 Å². The molecule has 0 aliphatic heterocycles. The number of methoxy groups -OCH3 is 1. The van der Waals surface area contributed by atoms with Crippen molar-refractivity contribution in [3.8, 4) is 16.9 Å². The number of carbonyl (C=O) groups is 1. The summed E-state index contributed by atoms with van der Waals surface area (Å²) in [6.45, 7) is 2.09. The molecule has 2 aromatic carbocycles. The smallest absolute Gasteiger partial charge is 0.417 e. The number of benzene rings is 2. The minimum absolute atomic E-state index is 0.0192. The number of halogens is 4. The predicted molar refractivity (Wildman–Crippen MR) is 131 cm³/mol. The van der Waals surface area contributed by atoms with Crippen LogP contribution in [0.5, 0.6) is 5.75 Å². The molecule has 4 rings (SSSR count). The molecular formula is C29H25F4NO3. The van der Waals surface area contributed by atoms with Crippen LogP contribution in [0.2, 0.25) is 0 Å². The highest BCUT2D eigenvalue weighted by molar-refractivity contribution is 5.72. The van der Waals surface area contributed by atoms with Crippen LogP contribution >= 0.6 is 0 Å². The van der Waals surface area contributed by atoms with E-state index in [0.29, 0.717) is 0 Å². The Morgan fingerprint density at radius 3 is 2.54 bits per heavy atom. The molecule has 0 saturated carbocycles. The third kappa shape index (κ3) is 6.25. The highest BCUT2D eigenvalue weighted by Gasteiger charge is 2.35. The number of alkyl halides is 3. The maximum absolute atomic E-state index is 14.2. The van der Waals surface area contributed by atoms with Gasteiger partial charge in [-0.05, 0) is 52.4 Å². The number of allylic oxidation sites excluding steroid dienone is 2. The van der Waals surface area contributed by atoms with Crippen molar-refractivity contribution in [3.63, 3.8) is 0 Å². The van der Waals surface area contributed by atoms with Crippen molar-refractivity contribution in [1.82, 2.24) is 4.98 Å². The fourth-order valence-electron chi connectivity index (χ4n) is 4.36. The molecule has 1 aliphatic rings. The number of nitrogens with zero attached hydrogens (tertiary/aromatic N) is 1. The lowest BCUT2D eigenvalue weighted by Gasteiger charge is -2.24. The Bertz CT molecular complexity index is 1350. The molecule has 0 spiro atoms. The first-order chi connectivity index (χ1) is 17.7. The number of carbonyl (C=O) groups excluding carboxylic acids is 1. The van der Waals surface area contributed by atoms with E-state index in [0.717, 1.165) is 28.8 Å². The maximum atomic E-state index is 14.2. The van der Waals surface area contributed by atoms with Crippen LogP contribution in [-0.4, -0.2) is 24.7 Å². The number of aromatic nitrogens is 1. The van der Waals surface area contributed by atoms with Gasteiger partial charge in [-0.3, -0.25) is 9.78 Å². The number of esters is 1. The normalized spacial score (nSPS) is 17.3. The topological polar surface area (TPSA) is 48.4 Å². The number of hydrogen-bond acceptors (Lipinski definition) is 4. The fraction of sp³-hybridized carbons (Fsp3) is 0.241. The third-order valence-corrected chi connectivity index (χ3v) is 6.20. The second-order valence-corrected chi connectivity index (χ2v) is 8.84. The molecule has 0 bridgehead atoms. The number of rotatable bonds is 7. The monoisotopic (exact) mass is 511 g/mol. The van der Waals surface area contributed by atoms with Crippen LogP contribution < -0.4 is 4.74 Å². The van der Waals surface area contributed by atoms with Gasteiger partial charge < -0.3 is 9.47 Å². The van der Waals surface area contributed by atoms with Gasteiger partial charge in [0.15, 0.2) is 0 Å². The molecule has 0 amide bonds. The molecule has 1 aromatic heterocycles. The van der Waals surface area contributed by atoms with Crippen LogP contribution in [0.1, 0.15) is 29.5 Å². The second-order valence-electron chi connectivity index (χ2n) is 8.84. The first-order valence-electron chi connectivity index (χ1n) is 11.6. The summed E-state index contributed by atoms with van der Waals surface area (Å²) >= 11 is 0. The van der Waals surface area contributed by atoms with Gasteiger partial charge in [0.1, 0.15) is 18.2 Å². The predicted octanol–water partition coefficient (Wildman–Crippen LogP) is 6.92. The second kappa shape index (κ2) is 11.0. The summed E-state index contributed by atoms with van der Waals surface area (Å²) in [5.41, 5.74) is 1.19. The molecule has 3 aromatic rings. The molecule has 2 atom stereocenters. The van der Waals surface area contributed by atoms with E-state index < -0.39 is 17.6 Å². The lowest BCUT2D eigenvalue weighted by atomic mass is 9.82. The van der Waals surface area contributed by atoms with Crippen LogP contribution in [0.4, 0.5) is 17.6 Å². The maximum Gasteiger partial charge on any atom is 0.417 e. The number of pyridine rings is 1. The fourth-order valence-corrected chi connectivity index (χ4v) is 4.36. The molecule has 0 fully saturated rings. The molecule has 37 heavy (non-hydrogen) atoms. The highest BCUT2D eigenvalue weighted by atomic mass is 19.4. The molecule has 1 aliphatic carbocycles. The molecule has 0 saturated heterocycles. The molecule has 0 radical (unpaired) electrons. The van der Waals surface area contributed by atoms with Gasteiger partial charge in [-0.2, -0.15) is 13.2 Å². The minimum Gasteiger partial charge on any atom is -0.489 e. The summed E-state index contributed by atoms with van der Waals surface area (Å²) in [6, 6.07) is 10.8. The van der Waals surface area contributed by atoms with E-state index in [9.17, 15) is 22.4 Å². The summed E-state index contributed by atoms with van der Waals surface area (Å²) in [5.74, 6) is -0.954. The van der Waals surface area contributed by atoms with E-state index in [1.165, 1.54) is 37.4 Å². The summed E-state index contributed by atoms with van der Waals surface area (Å²) in [4.78, 5) is 15.8. The van der Waals surface area contributed by atoms with Crippen molar-refractivity contribution < 1.29 is 31.8 Å². The third-order valence-electron chi connectivity index (χ3n) is 6.20. The first kappa shape index (κ1) is 26.1. The summed E-state index contributed by atoms with van der Waals surface area (Å²) in [5, 5.41) is 0. The van der Waals surface area contributed by atoms with Crippen molar-refractivity contribution in [2.45, 2.75) is 25.4 Å². The van der Waals surface area contributed by atoms with Gasteiger partial charge in [-0.15, -0.1) is 0 Å². The molecule has 8 heteroatoms. The lowest BCUT2D eigenvalue weighted by molar-refractivity contribution is -0.140. The summed E-state index contributed by atoms with van der Waals surface area (Å²) in [6.07, 6.45) is 4.68. The number of hydrogen-bond donors (Lipinski definition) is 0. The Morgan fingerprint density at radius 1 is 1.05 bits per heavy atom. The molecule has 1 heterocycles. The SMILES string of the molecule is COC(=O)Cc1cncc(C2C=CC(COc3ccc(-c4ccccc4F)c(C(F)(F)F)c3)=CC2C)c1. The van der Waals surface area contributed by atoms with Crippen molar-refractivity contribution in [3.05, 3.63) is 107 Å². The lowest BCUT2D eigenvalue weighted by Crippen LogP contribution is -2.13. The van der Waals surface area contributed by atoms with Crippen molar-refractivity contribution in [2.24, 2.45) is 5.92 Å². The van der Waals surface area contributed by atoms with E-state index in [1.807, 2.05) is 31.2 Å². The Labute approximate surface area is 212 Å². The Kier molecular flexibility index (Phi) is 7.76. The van der Waals surface area contributed by atoms with Crippen LogP contribution in [0.3, 0.4) is 0 Å². The van der Waals surface area contributed by atoms with Gasteiger partial charge in [0, 0.05) is 23.9 Å². The van der Waals surface area contributed by atoms with E-state index in [4.69, 9.17) is 9.47 Å². The Hall–Kier alpha value is -3.94. The number of ether oxygens (including phenoxy) is 2. The van der Waals surface area contributed by atoms with Gasteiger partial charge in [-0.1, -0.05) is 49.4 Å². The zero-order chi connectivity index (χ0) is 26.6. The zero-order valence-electron chi connectivity index (χ0n) is 20.3. The zero-order valence-corrected chi connectivity index (χ0v) is 20.3. The van der Waals surface area contributed by atoms with E-state index in [1.54, 1.807) is 12.4 Å². The van der Waals surface area contributed by atoms with Crippen molar-refractivity contribution >= 4 is 5.97 Å². The molecule has 2 unspecified atom stereocenters. The molecule has 192 valence electrons. The first-order valence-corrected chi connectivity index (χ1v) is 11.6. The van der Waals surface area contributed by atoms with Gasteiger partial charge in [0.05, 0.1) is 19.1 Å². The quantitative estimate of drug-likeness (QED) is 0.255. The van der Waals surface area contributed by atoms with E-state index >= 15 is 0 Å². The van der Waals surface area contributed by atoms with E-state index in [2.05, 4.69) is 4.98 Å². The van der Waals surface area contributed by atoms with Crippen LogP contribution in [-0.2, 0) is 22.1 Å². The van der Waals surface area contributed by atoms with Crippen LogP contribution in [0, 0.1) is 11.7 Å². The Morgan fingerprint density at radius 2 is 1.84 bits per heavy atom. The average Bonchev–Trinajstić information content (AvgIpc) is 2.87. The Balaban J connectivity index is 1.48. The average molecular weight is 512 g/mol. The van der Waals surface area contributed by atoms with Gasteiger partial charge >= 0.3 is 12.1 Å². The minimum atomic E-state index is -4.68. The largest absolute Gasteiger partial charge is 0.489 e. The molecule has 4 nitrogen and oxygen atoms in total. The van der Waals surface area contributed by atoms with Crippen molar-refractivity contribution in [2.75, 3.05) is 13.7 Å². The summed E-state index contributed by atoms with van der Waals surface area (Å²) < 4.78 is 65.9. The summed E-state index contributed by atoms with van der Waals surface area (Å²) in [7, 11) is 1.33. The van der Waals surface area contributed by atoms with Crippen LogP contribution in [0.25, 0.3) is 11.1 Å². The van der Waals surface area contributed by atoms with E-state index in [-0.39, 0.29) is 47.7 Å². The van der Waals surface area contributed by atoms with Gasteiger partial charge in [-0.25, -0.2) is 4.39 Å². The highest BCUT2D eigenvalue weighted by Crippen LogP contribution is 2.40. The molecule has 0 N–H and O–H groups in total. The standard InChI is InChI=1S/C29H25F4NO3/c1-18-11-19(7-9-23(18)21-12-20(15-34-16-21)13-28(35)36-2)17-37-22-8-10-24(26(14-22)29(31,32)33)25-5-3-4-6-27(25)30/h3-12,14-16,18,23H,13,17H2,1-2H3. The van der Waals surface area contributed by atoms with Gasteiger partial charge in [0.25, 0.3) is 0 Å². The van der Waals surface area contributed by atoms with Crippen LogP contribution in [0.15, 0.2) is 84.7 Å². The van der Waals surface area contributed by atoms with Crippen molar-refractivity contribution in [1.29, 1.82) is 0 Å². The molecular weight excluding hydrogens is 486 g/mol.